The standard InChI is InChI=1S/C19H12F2N4O/c20-14-1-2-15(22)17(21)16(14)18(26)13-9-25-19-12(13)7-11(8-24-19)10-3-5-23-6-4-10/h1-9H,22H2,(H,24,25). The van der Waals surface area contributed by atoms with Gasteiger partial charge in [0.15, 0.2) is 5.82 Å². The first-order valence-corrected chi connectivity index (χ1v) is 7.72. The third kappa shape index (κ3) is 2.50. The zero-order valence-corrected chi connectivity index (χ0v) is 13.3. The summed E-state index contributed by atoms with van der Waals surface area (Å²) in [4.78, 5) is 23.9. The first-order chi connectivity index (χ1) is 12.6. The molecule has 128 valence electrons. The van der Waals surface area contributed by atoms with E-state index in [9.17, 15) is 13.6 Å². The maximum atomic E-state index is 14.2. The minimum Gasteiger partial charge on any atom is -0.396 e. The lowest BCUT2D eigenvalue weighted by atomic mass is 10.00. The summed E-state index contributed by atoms with van der Waals surface area (Å²) in [6.07, 6.45) is 6.31. The first kappa shape index (κ1) is 15.9. The number of halogens is 2. The molecule has 0 saturated heterocycles. The van der Waals surface area contributed by atoms with Crippen LogP contribution in [0.4, 0.5) is 14.5 Å². The number of benzene rings is 1. The van der Waals surface area contributed by atoms with Crippen molar-refractivity contribution in [2.75, 3.05) is 5.73 Å². The fourth-order valence-corrected chi connectivity index (χ4v) is 2.80. The molecule has 0 spiro atoms. The van der Waals surface area contributed by atoms with Gasteiger partial charge in [-0.25, -0.2) is 13.8 Å². The van der Waals surface area contributed by atoms with Crippen molar-refractivity contribution in [3.05, 3.63) is 77.9 Å². The van der Waals surface area contributed by atoms with E-state index in [1.807, 2.05) is 0 Å². The Morgan fingerprint density at radius 3 is 2.62 bits per heavy atom. The number of nitrogens with one attached hydrogen (secondary N) is 1. The van der Waals surface area contributed by atoms with E-state index in [0.29, 0.717) is 11.0 Å². The Hall–Kier alpha value is -3.61. The van der Waals surface area contributed by atoms with Gasteiger partial charge in [0.1, 0.15) is 11.5 Å². The van der Waals surface area contributed by atoms with Crippen LogP contribution in [-0.2, 0) is 0 Å². The monoisotopic (exact) mass is 350 g/mol. The van der Waals surface area contributed by atoms with Crippen LogP contribution < -0.4 is 5.73 Å². The van der Waals surface area contributed by atoms with Crippen LogP contribution in [0.3, 0.4) is 0 Å². The number of nitrogens with zero attached hydrogens (tertiary/aromatic N) is 2. The Kier molecular flexibility index (Phi) is 3.69. The molecule has 0 unspecified atom stereocenters. The largest absolute Gasteiger partial charge is 0.396 e. The third-order valence-corrected chi connectivity index (χ3v) is 4.14. The smallest absolute Gasteiger partial charge is 0.201 e. The number of nitrogen functional groups attached to an aromatic ring is 1. The molecular weight excluding hydrogens is 338 g/mol. The zero-order chi connectivity index (χ0) is 18.3. The van der Waals surface area contributed by atoms with Crippen LogP contribution in [0.5, 0.6) is 0 Å². The number of anilines is 1. The van der Waals surface area contributed by atoms with E-state index < -0.39 is 23.0 Å². The van der Waals surface area contributed by atoms with Gasteiger partial charge in [0.05, 0.1) is 11.3 Å². The maximum absolute atomic E-state index is 14.2. The molecule has 4 rings (SSSR count). The first-order valence-electron chi connectivity index (χ1n) is 7.72. The highest BCUT2D eigenvalue weighted by Crippen LogP contribution is 2.28. The molecule has 0 fully saturated rings. The quantitative estimate of drug-likeness (QED) is 0.436. The zero-order valence-electron chi connectivity index (χ0n) is 13.3. The Balaban J connectivity index is 1.88. The molecular formula is C19H12F2N4O. The Morgan fingerprint density at radius 2 is 1.85 bits per heavy atom. The highest BCUT2D eigenvalue weighted by Gasteiger charge is 2.23. The van der Waals surface area contributed by atoms with Crippen LogP contribution in [0, 0.1) is 11.6 Å². The van der Waals surface area contributed by atoms with Crippen molar-refractivity contribution in [1.82, 2.24) is 15.0 Å². The third-order valence-electron chi connectivity index (χ3n) is 4.14. The van der Waals surface area contributed by atoms with Gasteiger partial charge in [0.2, 0.25) is 5.78 Å². The lowest BCUT2D eigenvalue weighted by Gasteiger charge is -2.06. The number of carbonyl (C=O) groups excluding carboxylic acids is 1. The fourth-order valence-electron chi connectivity index (χ4n) is 2.80. The molecule has 0 aliphatic rings. The maximum Gasteiger partial charge on any atom is 0.201 e. The normalized spacial score (nSPS) is 11.0. The van der Waals surface area contributed by atoms with Gasteiger partial charge in [0.25, 0.3) is 0 Å². The summed E-state index contributed by atoms with van der Waals surface area (Å²) in [7, 11) is 0. The summed E-state index contributed by atoms with van der Waals surface area (Å²) in [5.74, 6) is -2.83. The van der Waals surface area contributed by atoms with E-state index in [1.54, 1.807) is 36.8 Å². The topological polar surface area (TPSA) is 84.7 Å². The van der Waals surface area contributed by atoms with Gasteiger partial charge < -0.3 is 10.7 Å². The molecule has 0 bridgehead atoms. The van der Waals surface area contributed by atoms with Crippen molar-refractivity contribution < 1.29 is 13.6 Å². The number of nitrogens with two attached hydrogens (primary N) is 1. The van der Waals surface area contributed by atoms with Gasteiger partial charge in [-0.15, -0.1) is 0 Å². The van der Waals surface area contributed by atoms with Crippen molar-refractivity contribution in [2.45, 2.75) is 0 Å². The molecule has 0 aliphatic heterocycles. The van der Waals surface area contributed by atoms with Gasteiger partial charge in [-0.3, -0.25) is 9.78 Å². The average Bonchev–Trinajstić information content (AvgIpc) is 3.09. The molecule has 3 aromatic heterocycles. The number of fused-ring (bicyclic) bond motifs is 1. The summed E-state index contributed by atoms with van der Waals surface area (Å²) in [5, 5.41) is 0.463. The lowest BCUT2D eigenvalue weighted by Crippen LogP contribution is -2.09. The van der Waals surface area contributed by atoms with Crippen LogP contribution in [0.2, 0.25) is 0 Å². The van der Waals surface area contributed by atoms with E-state index in [1.165, 1.54) is 6.20 Å². The molecule has 0 saturated carbocycles. The number of aromatic amines is 1. The van der Waals surface area contributed by atoms with Gasteiger partial charge >= 0.3 is 0 Å². The summed E-state index contributed by atoms with van der Waals surface area (Å²) < 4.78 is 28.3. The van der Waals surface area contributed by atoms with E-state index in [2.05, 4.69) is 15.0 Å². The van der Waals surface area contributed by atoms with Gasteiger partial charge in [-0.1, -0.05) is 0 Å². The molecule has 0 atom stereocenters. The molecule has 26 heavy (non-hydrogen) atoms. The molecule has 4 aromatic rings. The van der Waals surface area contributed by atoms with Crippen molar-refractivity contribution in [3.63, 3.8) is 0 Å². The predicted molar refractivity (Wildman–Crippen MR) is 93.5 cm³/mol. The molecule has 1 aromatic carbocycles. The van der Waals surface area contributed by atoms with E-state index >= 15 is 0 Å². The molecule has 0 amide bonds. The summed E-state index contributed by atoms with van der Waals surface area (Å²) >= 11 is 0. The number of hydrogen-bond donors (Lipinski definition) is 2. The van der Waals surface area contributed by atoms with Crippen LogP contribution in [-0.4, -0.2) is 20.7 Å². The molecule has 3 N–H and O–H groups in total. The number of H-pyrrole nitrogens is 1. The minimum atomic E-state index is -1.07. The van der Waals surface area contributed by atoms with E-state index in [-0.39, 0.29) is 11.3 Å². The van der Waals surface area contributed by atoms with Crippen LogP contribution in [0.1, 0.15) is 15.9 Å². The van der Waals surface area contributed by atoms with Crippen molar-refractivity contribution in [1.29, 1.82) is 0 Å². The van der Waals surface area contributed by atoms with Gasteiger partial charge in [-0.2, -0.15) is 0 Å². The number of aromatic nitrogens is 3. The average molecular weight is 350 g/mol. The Labute approximate surface area is 146 Å². The van der Waals surface area contributed by atoms with Gasteiger partial charge in [0, 0.05) is 41.3 Å². The van der Waals surface area contributed by atoms with Crippen molar-refractivity contribution in [3.8, 4) is 11.1 Å². The van der Waals surface area contributed by atoms with Crippen molar-refractivity contribution in [2.24, 2.45) is 0 Å². The van der Waals surface area contributed by atoms with E-state index in [0.717, 1.165) is 23.3 Å². The summed E-state index contributed by atoms with van der Waals surface area (Å²) in [5.41, 5.74) is 6.67. The molecule has 3 heterocycles. The SMILES string of the molecule is Nc1ccc(F)c(C(=O)c2c[nH]c3ncc(-c4ccncc4)cc23)c1F. The summed E-state index contributed by atoms with van der Waals surface area (Å²) in [6, 6.07) is 7.40. The van der Waals surface area contributed by atoms with Crippen molar-refractivity contribution >= 4 is 22.5 Å². The second kappa shape index (κ2) is 6.03. The number of hydrogen-bond acceptors (Lipinski definition) is 4. The number of rotatable bonds is 3. The molecule has 7 heteroatoms. The van der Waals surface area contributed by atoms with Gasteiger partial charge in [-0.05, 0) is 35.9 Å². The summed E-state index contributed by atoms with van der Waals surface area (Å²) in [6.45, 7) is 0. The van der Waals surface area contributed by atoms with E-state index in [4.69, 9.17) is 5.73 Å². The molecule has 0 radical (unpaired) electrons. The second-order valence-electron chi connectivity index (χ2n) is 5.71. The van der Waals surface area contributed by atoms with Crippen LogP contribution >= 0.6 is 0 Å². The fraction of sp³-hybridized carbons (Fsp3) is 0. The van der Waals surface area contributed by atoms with Crippen LogP contribution in [0.15, 0.2) is 55.1 Å². The molecule has 0 aliphatic carbocycles. The Bertz CT molecular complexity index is 1140. The second-order valence-corrected chi connectivity index (χ2v) is 5.71. The number of pyridine rings is 2. The number of ketones is 1. The lowest BCUT2D eigenvalue weighted by molar-refractivity contribution is 0.103. The molecule has 5 nitrogen and oxygen atoms in total. The number of carbonyl (C=O) groups is 1. The predicted octanol–water partition coefficient (Wildman–Crippen LogP) is 3.72. The highest BCUT2D eigenvalue weighted by atomic mass is 19.1. The Morgan fingerprint density at radius 1 is 1.08 bits per heavy atom. The highest BCUT2D eigenvalue weighted by molar-refractivity contribution is 6.16. The minimum absolute atomic E-state index is 0.117. The van der Waals surface area contributed by atoms with Crippen LogP contribution in [0.25, 0.3) is 22.2 Å².